The zero-order chi connectivity index (χ0) is 11.4. The van der Waals surface area contributed by atoms with Crippen molar-refractivity contribution in [2.75, 3.05) is 27.4 Å². The molecule has 0 N–H and O–H groups in total. The van der Waals surface area contributed by atoms with Crippen LogP contribution < -0.4 is 9.37 Å². The minimum absolute atomic E-state index is 0.985. The molecular weight excluding hydrogens is 248 g/mol. The van der Waals surface area contributed by atoms with Gasteiger partial charge >= 0.3 is 9.93 Å². The van der Waals surface area contributed by atoms with Crippen LogP contribution in [0.15, 0.2) is 9.98 Å². The Morgan fingerprint density at radius 1 is 1.40 bits per heavy atom. The second kappa shape index (κ2) is 5.62. The number of amidine groups is 1. The smallest absolute Gasteiger partial charge is 0.334 e. The summed E-state index contributed by atoms with van der Waals surface area (Å²) in [5.41, 5.74) is 0. The quantitative estimate of drug-likeness (QED) is 0.329. The van der Waals surface area contributed by atoms with Crippen LogP contribution in [-0.4, -0.2) is 37.5 Å². The van der Waals surface area contributed by atoms with Crippen molar-refractivity contribution >= 4 is 42.7 Å². The Bertz CT molecular complexity index is 416. The van der Waals surface area contributed by atoms with Gasteiger partial charge in [0.15, 0.2) is 0 Å². The van der Waals surface area contributed by atoms with Crippen molar-refractivity contribution in [1.82, 2.24) is 4.90 Å². The maximum Gasteiger partial charge on any atom is 0.334 e. The van der Waals surface area contributed by atoms with Crippen LogP contribution >= 0.6 is 32.4 Å². The first-order valence-electron chi connectivity index (χ1n) is 4.32. The van der Waals surface area contributed by atoms with E-state index in [2.05, 4.69) is 9.98 Å². The van der Waals surface area contributed by atoms with Gasteiger partial charge < -0.3 is 4.90 Å². The van der Waals surface area contributed by atoms with E-state index >= 15 is 0 Å². The third kappa shape index (κ3) is 3.02. The van der Waals surface area contributed by atoms with E-state index in [-0.39, 0.29) is 0 Å². The van der Waals surface area contributed by atoms with Gasteiger partial charge in [0.1, 0.15) is 0 Å². The number of hydrogen-bond donors (Lipinski definition) is 0. The average Bonchev–Trinajstić information content (AvgIpc) is 2.55. The molecule has 0 saturated carbocycles. The summed E-state index contributed by atoms with van der Waals surface area (Å²) in [4.78, 5) is 11.8. The molecule has 0 aliphatic carbocycles. The zero-order valence-electron chi connectivity index (χ0n) is 9.51. The van der Waals surface area contributed by atoms with Crippen molar-refractivity contribution in [3.8, 4) is 0 Å². The van der Waals surface area contributed by atoms with E-state index < -0.39 is 0 Å². The molecule has 0 fully saturated rings. The number of aliphatic imine (C=N–C) groups is 1. The number of thioether (sulfide) groups is 1. The standard InChI is InChI=1S/C8H15N4S3/c1-9-6-12(4)8(15-14-6)10-7(13-5)11(2)3/h1-5H3/q+1. The fourth-order valence-corrected chi connectivity index (χ4v) is 3.81. The van der Waals surface area contributed by atoms with Gasteiger partial charge in [0.25, 0.3) is 0 Å². The molecule has 1 heterocycles. The molecule has 7 heteroatoms. The lowest BCUT2D eigenvalue weighted by molar-refractivity contribution is -0.667. The van der Waals surface area contributed by atoms with E-state index in [1.54, 1.807) is 39.5 Å². The molecular formula is C8H15N4S3+. The molecule has 0 spiro atoms. The van der Waals surface area contributed by atoms with Crippen molar-refractivity contribution in [3.05, 3.63) is 4.80 Å². The molecule has 0 bridgehead atoms. The van der Waals surface area contributed by atoms with Crippen molar-refractivity contribution in [3.63, 3.8) is 0 Å². The molecule has 0 aliphatic rings. The van der Waals surface area contributed by atoms with E-state index in [9.17, 15) is 0 Å². The predicted molar refractivity (Wildman–Crippen MR) is 69.2 cm³/mol. The first-order chi connectivity index (χ1) is 7.10. The molecule has 0 atom stereocenters. The zero-order valence-corrected chi connectivity index (χ0v) is 12.0. The van der Waals surface area contributed by atoms with E-state index in [1.165, 1.54) is 0 Å². The Kier molecular flexibility index (Phi) is 4.75. The van der Waals surface area contributed by atoms with Gasteiger partial charge in [-0.05, 0) is 26.9 Å². The summed E-state index contributed by atoms with van der Waals surface area (Å²) < 4.78 is 2.01. The predicted octanol–water partition coefficient (Wildman–Crippen LogP) is 1.08. The van der Waals surface area contributed by atoms with Gasteiger partial charge in [-0.2, -0.15) is 0 Å². The SMILES string of the molecule is CN=c1ssc(/N=C(/SC)N(C)C)[n+]1C. The molecule has 0 saturated heterocycles. The summed E-state index contributed by atoms with van der Waals surface area (Å²) in [7, 11) is 11.1. The average molecular weight is 263 g/mol. The van der Waals surface area contributed by atoms with Crippen LogP contribution in [-0.2, 0) is 7.05 Å². The van der Waals surface area contributed by atoms with E-state index in [0.717, 1.165) is 15.1 Å². The molecule has 15 heavy (non-hydrogen) atoms. The summed E-state index contributed by atoms with van der Waals surface area (Å²) >= 11 is 1.64. The summed E-state index contributed by atoms with van der Waals surface area (Å²) in [6.07, 6.45) is 2.03. The molecule has 1 aromatic heterocycles. The fourth-order valence-electron chi connectivity index (χ4n) is 0.959. The lowest BCUT2D eigenvalue weighted by Gasteiger charge is -2.08. The van der Waals surface area contributed by atoms with Crippen molar-refractivity contribution in [2.45, 2.75) is 0 Å². The third-order valence-corrected chi connectivity index (χ3v) is 4.88. The molecule has 1 rings (SSSR count). The minimum atomic E-state index is 0.985. The van der Waals surface area contributed by atoms with Gasteiger partial charge in [-0.25, -0.2) is 4.57 Å². The van der Waals surface area contributed by atoms with Crippen LogP contribution in [0.1, 0.15) is 0 Å². The van der Waals surface area contributed by atoms with Gasteiger partial charge in [0.05, 0.1) is 14.1 Å². The monoisotopic (exact) mass is 263 g/mol. The number of hydrogen-bond acceptors (Lipinski definition) is 5. The second-order valence-corrected chi connectivity index (χ2v) is 5.84. The van der Waals surface area contributed by atoms with Crippen molar-refractivity contribution in [2.24, 2.45) is 17.0 Å². The number of nitrogens with zero attached hydrogens (tertiary/aromatic N) is 4. The molecule has 1 aromatic rings. The summed E-state index contributed by atoms with van der Waals surface area (Å²) in [6.45, 7) is 0. The molecule has 0 amide bonds. The largest absolute Gasteiger partial charge is 0.344 e. The van der Waals surface area contributed by atoms with Gasteiger partial charge in [-0.1, -0.05) is 16.8 Å². The highest BCUT2D eigenvalue weighted by Crippen LogP contribution is 2.17. The van der Waals surface area contributed by atoms with Crippen LogP contribution in [0.2, 0.25) is 0 Å². The van der Waals surface area contributed by atoms with Gasteiger partial charge in [0, 0.05) is 14.1 Å². The van der Waals surface area contributed by atoms with Gasteiger partial charge in [-0.15, -0.1) is 4.99 Å². The molecule has 84 valence electrons. The Morgan fingerprint density at radius 3 is 2.47 bits per heavy atom. The highest BCUT2D eigenvalue weighted by Gasteiger charge is 2.12. The third-order valence-electron chi connectivity index (χ3n) is 1.71. The fraction of sp³-hybridized carbons (Fsp3) is 0.625. The Morgan fingerprint density at radius 2 is 2.07 bits per heavy atom. The molecule has 0 radical (unpaired) electrons. The van der Waals surface area contributed by atoms with Crippen LogP contribution in [0.5, 0.6) is 0 Å². The molecule has 0 unspecified atom stereocenters. The summed E-state index contributed by atoms with van der Waals surface area (Å²) in [5.74, 6) is 0. The Labute approximate surface area is 101 Å². The highest BCUT2D eigenvalue weighted by molar-refractivity contribution is 8.13. The first-order valence-corrected chi connectivity index (χ1v) is 7.69. The molecule has 4 nitrogen and oxygen atoms in total. The maximum atomic E-state index is 4.58. The topological polar surface area (TPSA) is 31.8 Å². The van der Waals surface area contributed by atoms with Gasteiger partial charge in [0.2, 0.25) is 5.17 Å². The van der Waals surface area contributed by atoms with E-state index in [0.29, 0.717) is 0 Å². The van der Waals surface area contributed by atoms with E-state index in [4.69, 9.17) is 0 Å². The number of rotatable bonds is 1. The van der Waals surface area contributed by atoms with Crippen LogP contribution in [0.3, 0.4) is 0 Å². The Balaban J connectivity index is 3.12. The molecule has 0 aliphatic heterocycles. The van der Waals surface area contributed by atoms with Crippen LogP contribution in [0.4, 0.5) is 5.13 Å². The summed E-state index contributed by atoms with van der Waals surface area (Å²) in [5, 5.41) is 1.99. The number of aromatic nitrogens is 1. The highest BCUT2D eigenvalue weighted by atomic mass is 32.9. The molecule has 0 aromatic carbocycles. The van der Waals surface area contributed by atoms with E-state index in [1.807, 2.05) is 36.9 Å². The lowest BCUT2D eigenvalue weighted by atomic mass is 10.9. The first kappa shape index (κ1) is 12.7. The minimum Gasteiger partial charge on any atom is -0.344 e. The normalized spacial score (nSPS) is 13.4. The second-order valence-electron chi connectivity index (χ2n) is 3.01. The van der Waals surface area contributed by atoms with Gasteiger partial charge in [-0.3, -0.25) is 0 Å². The van der Waals surface area contributed by atoms with Crippen LogP contribution in [0.25, 0.3) is 0 Å². The van der Waals surface area contributed by atoms with Crippen LogP contribution in [0, 0.1) is 0 Å². The maximum absolute atomic E-state index is 4.58. The Hall–Kier alpha value is -0.400. The van der Waals surface area contributed by atoms with Crippen molar-refractivity contribution in [1.29, 1.82) is 0 Å². The van der Waals surface area contributed by atoms with Crippen molar-refractivity contribution < 1.29 is 4.57 Å². The lowest BCUT2D eigenvalue weighted by Crippen LogP contribution is -2.42. The summed E-state index contributed by atoms with van der Waals surface area (Å²) in [6, 6.07) is 0.